The maximum absolute atomic E-state index is 12.4. The van der Waals surface area contributed by atoms with E-state index in [0.717, 1.165) is 16.1 Å². The number of rotatable bonds is 4. The van der Waals surface area contributed by atoms with Crippen LogP contribution in [0, 0.1) is 13.8 Å². The first-order valence-corrected chi connectivity index (χ1v) is 8.02. The second kappa shape index (κ2) is 6.25. The van der Waals surface area contributed by atoms with Crippen LogP contribution in [0.3, 0.4) is 0 Å². The van der Waals surface area contributed by atoms with Crippen LogP contribution in [0.2, 0.25) is 0 Å². The number of hydrogen-bond acceptors (Lipinski definition) is 6. The predicted molar refractivity (Wildman–Crippen MR) is 88.5 cm³/mol. The van der Waals surface area contributed by atoms with Crippen LogP contribution in [0.15, 0.2) is 24.3 Å². The molecule has 23 heavy (non-hydrogen) atoms. The van der Waals surface area contributed by atoms with E-state index in [2.05, 4.69) is 25.8 Å². The molecule has 8 heteroatoms. The summed E-state index contributed by atoms with van der Waals surface area (Å²) in [6, 6.07) is 7.23. The second-order valence-corrected chi connectivity index (χ2v) is 6.22. The lowest BCUT2D eigenvalue weighted by Gasteiger charge is -2.05. The molecule has 1 N–H and O–H groups in total. The highest BCUT2D eigenvalue weighted by atomic mass is 32.1. The van der Waals surface area contributed by atoms with Crippen LogP contribution in [0.4, 0.5) is 5.13 Å². The lowest BCUT2D eigenvalue weighted by Crippen LogP contribution is -2.12. The summed E-state index contributed by atoms with van der Waals surface area (Å²) in [5.74, 6) is 0.444. The predicted octanol–water partition coefficient (Wildman–Crippen LogP) is 2.69. The molecule has 0 aliphatic heterocycles. The summed E-state index contributed by atoms with van der Waals surface area (Å²) in [4.78, 5) is 17.8. The average molecular weight is 328 g/mol. The largest absolute Gasteiger partial charge is 0.298 e. The van der Waals surface area contributed by atoms with Crippen molar-refractivity contribution < 1.29 is 4.79 Å². The van der Waals surface area contributed by atoms with Crippen LogP contribution in [-0.2, 0) is 6.54 Å². The molecule has 0 atom stereocenters. The molecule has 0 saturated carbocycles. The second-order valence-electron chi connectivity index (χ2n) is 5.01. The number of aryl methyl sites for hydroxylation is 3. The third-order valence-corrected chi connectivity index (χ3v) is 4.45. The van der Waals surface area contributed by atoms with Crippen molar-refractivity contribution in [2.45, 2.75) is 27.3 Å². The van der Waals surface area contributed by atoms with Gasteiger partial charge in [-0.2, -0.15) is 0 Å². The molecule has 2 aromatic heterocycles. The summed E-state index contributed by atoms with van der Waals surface area (Å²) >= 11 is 1.47. The Labute approximate surface area is 137 Å². The van der Waals surface area contributed by atoms with E-state index in [1.807, 2.05) is 32.9 Å². The monoisotopic (exact) mass is 328 g/mol. The van der Waals surface area contributed by atoms with Crippen LogP contribution in [0.5, 0.6) is 0 Å². The van der Waals surface area contributed by atoms with Crippen molar-refractivity contribution in [1.82, 2.24) is 25.2 Å². The van der Waals surface area contributed by atoms with Crippen molar-refractivity contribution in [2.75, 3.05) is 5.32 Å². The molecule has 1 amide bonds. The number of amides is 1. The molecule has 0 unspecified atom stereocenters. The summed E-state index contributed by atoms with van der Waals surface area (Å²) in [6.07, 6.45) is 0. The third-order valence-electron chi connectivity index (χ3n) is 3.46. The van der Waals surface area contributed by atoms with Crippen LogP contribution in [-0.4, -0.2) is 31.1 Å². The summed E-state index contributed by atoms with van der Waals surface area (Å²) in [5.41, 5.74) is 2.27. The number of hydrogen-bond donors (Lipinski definition) is 1. The van der Waals surface area contributed by atoms with E-state index in [1.165, 1.54) is 11.3 Å². The van der Waals surface area contributed by atoms with Gasteiger partial charge in [0.2, 0.25) is 0 Å². The van der Waals surface area contributed by atoms with Crippen molar-refractivity contribution in [3.05, 3.63) is 40.4 Å². The van der Waals surface area contributed by atoms with Gasteiger partial charge in [-0.3, -0.25) is 10.1 Å². The Hall–Kier alpha value is -2.61. The quantitative estimate of drug-likeness (QED) is 0.796. The molecule has 0 aliphatic carbocycles. The average Bonchev–Trinajstić information content (AvgIpc) is 3.14. The van der Waals surface area contributed by atoms with Crippen LogP contribution < -0.4 is 5.32 Å². The summed E-state index contributed by atoms with van der Waals surface area (Å²) < 4.78 is 1.69. The minimum atomic E-state index is -0.198. The normalized spacial score (nSPS) is 10.7. The van der Waals surface area contributed by atoms with Gasteiger partial charge in [-0.15, -0.1) is 16.4 Å². The molecular weight excluding hydrogens is 312 g/mol. The fraction of sp³-hybridized carbons (Fsp3) is 0.267. The SMILES string of the molecule is CCn1nnnc1-c1cccc(C(=O)Nc2nc(C)c(C)s2)c1. The smallest absolute Gasteiger partial charge is 0.257 e. The number of nitrogens with zero attached hydrogens (tertiary/aromatic N) is 5. The molecule has 0 saturated heterocycles. The van der Waals surface area contributed by atoms with Gasteiger partial charge in [0.1, 0.15) is 0 Å². The third kappa shape index (κ3) is 3.11. The fourth-order valence-electron chi connectivity index (χ4n) is 2.12. The van der Waals surface area contributed by atoms with E-state index >= 15 is 0 Å². The highest BCUT2D eigenvalue weighted by Gasteiger charge is 2.13. The zero-order valence-electron chi connectivity index (χ0n) is 13.1. The standard InChI is InChI=1S/C15H16N6OS/c1-4-21-13(18-19-20-21)11-6-5-7-12(8-11)14(22)17-15-16-9(2)10(3)23-15/h5-8H,4H2,1-3H3,(H,16,17,22). The van der Waals surface area contributed by atoms with Crippen LogP contribution in [0.25, 0.3) is 11.4 Å². The number of tetrazole rings is 1. The molecule has 0 spiro atoms. The first-order chi connectivity index (χ1) is 11.1. The zero-order valence-corrected chi connectivity index (χ0v) is 13.9. The van der Waals surface area contributed by atoms with E-state index in [4.69, 9.17) is 0 Å². The Balaban J connectivity index is 1.86. The number of benzene rings is 1. The molecule has 118 valence electrons. The molecule has 1 aromatic carbocycles. The van der Waals surface area contributed by atoms with Crippen molar-refractivity contribution in [1.29, 1.82) is 0 Å². The summed E-state index contributed by atoms with van der Waals surface area (Å²) in [6.45, 7) is 6.53. The van der Waals surface area contributed by atoms with Gasteiger partial charge in [-0.05, 0) is 43.3 Å². The zero-order chi connectivity index (χ0) is 16.4. The van der Waals surface area contributed by atoms with Crippen molar-refractivity contribution in [3.63, 3.8) is 0 Å². The first-order valence-electron chi connectivity index (χ1n) is 7.20. The minimum absolute atomic E-state index is 0.198. The van der Waals surface area contributed by atoms with Gasteiger partial charge in [0.15, 0.2) is 11.0 Å². The number of thiazole rings is 1. The maximum atomic E-state index is 12.4. The number of aromatic nitrogens is 5. The Morgan fingerprint density at radius 3 is 2.87 bits per heavy atom. The number of carbonyl (C=O) groups excluding carboxylic acids is 1. The molecular formula is C15H16N6OS. The van der Waals surface area contributed by atoms with E-state index < -0.39 is 0 Å². The number of carbonyl (C=O) groups is 1. The highest BCUT2D eigenvalue weighted by Crippen LogP contribution is 2.22. The molecule has 3 rings (SSSR count). The van der Waals surface area contributed by atoms with E-state index in [-0.39, 0.29) is 5.91 Å². The van der Waals surface area contributed by atoms with Gasteiger partial charge in [0, 0.05) is 22.5 Å². The van der Waals surface area contributed by atoms with Gasteiger partial charge in [-0.25, -0.2) is 9.67 Å². The van der Waals surface area contributed by atoms with E-state index in [1.54, 1.807) is 16.8 Å². The maximum Gasteiger partial charge on any atom is 0.257 e. The molecule has 7 nitrogen and oxygen atoms in total. The molecule has 0 bridgehead atoms. The Morgan fingerprint density at radius 2 is 2.17 bits per heavy atom. The summed E-state index contributed by atoms with van der Waals surface area (Å²) in [5, 5.41) is 15.0. The molecule has 0 fully saturated rings. The van der Waals surface area contributed by atoms with E-state index in [9.17, 15) is 4.79 Å². The van der Waals surface area contributed by atoms with Gasteiger partial charge >= 0.3 is 0 Å². The van der Waals surface area contributed by atoms with E-state index in [0.29, 0.717) is 23.1 Å². The highest BCUT2D eigenvalue weighted by molar-refractivity contribution is 7.15. The summed E-state index contributed by atoms with van der Waals surface area (Å²) in [7, 11) is 0. The number of nitrogens with one attached hydrogen (secondary N) is 1. The first kappa shape index (κ1) is 15.3. The van der Waals surface area contributed by atoms with Gasteiger partial charge in [0.25, 0.3) is 5.91 Å². The number of anilines is 1. The van der Waals surface area contributed by atoms with Crippen LogP contribution >= 0.6 is 11.3 Å². The topological polar surface area (TPSA) is 85.6 Å². The Kier molecular flexibility index (Phi) is 4.16. The lowest BCUT2D eigenvalue weighted by molar-refractivity contribution is 0.102. The molecule has 0 radical (unpaired) electrons. The molecule has 0 aliphatic rings. The van der Waals surface area contributed by atoms with Gasteiger partial charge < -0.3 is 0 Å². The van der Waals surface area contributed by atoms with Crippen molar-refractivity contribution in [3.8, 4) is 11.4 Å². The fourth-order valence-corrected chi connectivity index (χ4v) is 2.93. The Bertz CT molecular complexity index is 834. The van der Waals surface area contributed by atoms with Crippen LogP contribution in [0.1, 0.15) is 27.9 Å². The minimum Gasteiger partial charge on any atom is -0.298 e. The van der Waals surface area contributed by atoms with Crippen molar-refractivity contribution in [2.24, 2.45) is 0 Å². The molecule has 3 aromatic rings. The van der Waals surface area contributed by atoms with Crippen molar-refractivity contribution >= 4 is 22.4 Å². The molecule has 2 heterocycles. The lowest BCUT2D eigenvalue weighted by atomic mass is 10.1. The van der Waals surface area contributed by atoms with Gasteiger partial charge in [0.05, 0.1) is 5.69 Å². The van der Waals surface area contributed by atoms with Gasteiger partial charge in [-0.1, -0.05) is 12.1 Å². The Morgan fingerprint density at radius 1 is 1.35 bits per heavy atom.